The number of methoxy groups -OCH3 is 1. The lowest BCUT2D eigenvalue weighted by Gasteiger charge is -2.14. The predicted octanol–water partition coefficient (Wildman–Crippen LogP) is 2.96. The van der Waals surface area contributed by atoms with Crippen molar-refractivity contribution < 1.29 is 4.74 Å². The fourth-order valence-corrected chi connectivity index (χ4v) is 3.43. The van der Waals surface area contributed by atoms with Gasteiger partial charge in [-0.15, -0.1) is 10.2 Å². The van der Waals surface area contributed by atoms with Gasteiger partial charge in [0.2, 0.25) is 0 Å². The van der Waals surface area contributed by atoms with E-state index in [1.54, 1.807) is 25.9 Å². The maximum Gasteiger partial charge on any atom is 0.191 e. The van der Waals surface area contributed by atoms with E-state index in [4.69, 9.17) is 4.74 Å². The summed E-state index contributed by atoms with van der Waals surface area (Å²) in [6.07, 6.45) is 3.89. The molecule has 2 N–H and O–H groups in total. The lowest BCUT2D eigenvalue weighted by Crippen LogP contribution is -2.37. The summed E-state index contributed by atoms with van der Waals surface area (Å²) in [6.45, 7) is 6.85. The molecule has 0 spiro atoms. The van der Waals surface area contributed by atoms with E-state index in [9.17, 15) is 0 Å². The molecule has 0 aliphatic carbocycles. The third-order valence-corrected chi connectivity index (χ3v) is 4.92. The summed E-state index contributed by atoms with van der Waals surface area (Å²) in [4.78, 5) is 4.29. The SMILES string of the molecule is CN=C(NCCCc1nnc(SC)n1CC(C)C)NCc1ccccc1OC. The van der Waals surface area contributed by atoms with Crippen molar-refractivity contribution in [3.63, 3.8) is 0 Å². The Labute approximate surface area is 172 Å². The van der Waals surface area contributed by atoms with E-state index >= 15 is 0 Å². The number of ether oxygens (including phenoxy) is 1. The van der Waals surface area contributed by atoms with Crippen LogP contribution in [0.1, 0.15) is 31.7 Å². The van der Waals surface area contributed by atoms with Gasteiger partial charge < -0.3 is 19.9 Å². The highest BCUT2D eigenvalue weighted by Gasteiger charge is 2.12. The van der Waals surface area contributed by atoms with Crippen LogP contribution in [0.25, 0.3) is 0 Å². The van der Waals surface area contributed by atoms with Crippen LogP contribution in [-0.4, -0.2) is 47.7 Å². The van der Waals surface area contributed by atoms with E-state index in [0.717, 1.165) is 54.2 Å². The van der Waals surface area contributed by atoms with Crippen LogP contribution in [0.3, 0.4) is 0 Å². The van der Waals surface area contributed by atoms with Crippen LogP contribution in [0.5, 0.6) is 5.75 Å². The number of aromatic nitrogens is 3. The summed E-state index contributed by atoms with van der Waals surface area (Å²) >= 11 is 1.65. The number of hydrogen-bond acceptors (Lipinski definition) is 5. The first-order valence-electron chi connectivity index (χ1n) is 9.61. The van der Waals surface area contributed by atoms with Crippen molar-refractivity contribution in [2.75, 3.05) is 27.0 Å². The van der Waals surface area contributed by atoms with Crippen molar-refractivity contribution in [3.8, 4) is 5.75 Å². The Hall–Kier alpha value is -2.22. The molecule has 0 aliphatic heterocycles. The van der Waals surface area contributed by atoms with Crippen LogP contribution < -0.4 is 15.4 Å². The first kappa shape index (κ1) is 22.1. The van der Waals surface area contributed by atoms with Crippen molar-refractivity contribution in [3.05, 3.63) is 35.7 Å². The van der Waals surface area contributed by atoms with E-state index in [-0.39, 0.29) is 0 Å². The average molecular weight is 405 g/mol. The van der Waals surface area contributed by atoms with Crippen molar-refractivity contribution in [1.82, 2.24) is 25.4 Å². The first-order valence-corrected chi connectivity index (χ1v) is 10.8. The highest BCUT2D eigenvalue weighted by molar-refractivity contribution is 7.98. The van der Waals surface area contributed by atoms with E-state index in [2.05, 4.69) is 44.2 Å². The molecule has 8 heteroatoms. The van der Waals surface area contributed by atoms with Gasteiger partial charge in [-0.2, -0.15) is 0 Å². The summed E-state index contributed by atoms with van der Waals surface area (Å²) in [5.74, 6) is 3.27. The Morgan fingerprint density at radius 3 is 2.71 bits per heavy atom. The third kappa shape index (κ3) is 6.44. The topological polar surface area (TPSA) is 76.4 Å². The molecule has 154 valence electrons. The van der Waals surface area contributed by atoms with Gasteiger partial charge in [-0.05, 0) is 24.7 Å². The number of aryl methyl sites for hydroxylation is 1. The number of nitrogens with zero attached hydrogens (tertiary/aromatic N) is 4. The minimum Gasteiger partial charge on any atom is -0.496 e. The van der Waals surface area contributed by atoms with Gasteiger partial charge in [0.1, 0.15) is 11.6 Å². The maximum absolute atomic E-state index is 5.39. The minimum atomic E-state index is 0.566. The molecule has 28 heavy (non-hydrogen) atoms. The van der Waals surface area contributed by atoms with Gasteiger partial charge in [0, 0.05) is 38.7 Å². The molecule has 0 amide bonds. The monoisotopic (exact) mass is 404 g/mol. The number of nitrogens with one attached hydrogen (secondary N) is 2. The second kappa shape index (κ2) is 11.6. The molecule has 0 unspecified atom stereocenters. The summed E-state index contributed by atoms with van der Waals surface area (Å²) in [7, 11) is 3.47. The smallest absolute Gasteiger partial charge is 0.191 e. The minimum absolute atomic E-state index is 0.566. The van der Waals surface area contributed by atoms with Crippen LogP contribution in [0.4, 0.5) is 0 Å². The summed E-state index contributed by atoms with van der Waals surface area (Å²) < 4.78 is 7.63. The van der Waals surface area contributed by atoms with Crippen molar-refractivity contribution in [1.29, 1.82) is 0 Å². The Morgan fingerprint density at radius 2 is 2.04 bits per heavy atom. The molecule has 0 saturated carbocycles. The Kier molecular flexibility index (Phi) is 9.13. The largest absolute Gasteiger partial charge is 0.496 e. The average Bonchev–Trinajstić information content (AvgIpc) is 3.08. The molecule has 7 nitrogen and oxygen atoms in total. The van der Waals surface area contributed by atoms with E-state index in [1.165, 1.54) is 0 Å². The number of para-hydroxylation sites is 1. The first-order chi connectivity index (χ1) is 13.6. The quantitative estimate of drug-likeness (QED) is 0.274. The third-order valence-electron chi connectivity index (χ3n) is 4.26. The molecule has 0 bridgehead atoms. The van der Waals surface area contributed by atoms with Crippen molar-refractivity contribution in [2.24, 2.45) is 10.9 Å². The van der Waals surface area contributed by atoms with E-state index in [1.807, 2.05) is 30.5 Å². The zero-order valence-corrected chi connectivity index (χ0v) is 18.3. The number of hydrogen-bond donors (Lipinski definition) is 2. The molecule has 0 fully saturated rings. The Balaban J connectivity index is 1.81. The molecule has 1 heterocycles. The molecule has 0 atom stereocenters. The van der Waals surface area contributed by atoms with Crippen LogP contribution >= 0.6 is 11.8 Å². The molecule has 0 aliphatic rings. The fourth-order valence-electron chi connectivity index (χ4n) is 2.91. The van der Waals surface area contributed by atoms with Gasteiger partial charge >= 0.3 is 0 Å². The molecule has 1 aromatic carbocycles. The van der Waals surface area contributed by atoms with Gasteiger partial charge in [-0.3, -0.25) is 4.99 Å². The Bertz CT molecular complexity index is 759. The van der Waals surface area contributed by atoms with Gasteiger partial charge in [-0.1, -0.05) is 43.8 Å². The van der Waals surface area contributed by atoms with Gasteiger partial charge in [0.15, 0.2) is 11.1 Å². The Morgan fingerprint density at radius 1 is 1.25 bits per heavy atom. The second-order valence-electron chi connectivity index (χ2n) is 6.88. The van der Waals surface area contributed by atoms with Crippen LogP contribution in [-0.2, 0) is 19.5 Å². The zero-order chi connectivity index (χ0) is 20.4. The maximum atomic E-state index is 5.39. The van der Waals surface area contributed by atoms with Crippen molar-refractivity contribution in [2.45, 2.75) is 44.9 Å². The molecule has 0 radical (unpaired) electrons. The lowest BCUT2D eigenvalue weighted by molar-refractivity contribution is 0.409. The molecule has 1 aromatic heterocycles. The molecule has 2 aromatic rings. The summed E-state index contributed by atoms with van der Waals surface area (Å²) in [6, 6.07) is 7.98. The van der Waals surface area contributed by atoms with Crippen LogP contribution in [0.2, 0.25) is 0 Å². The summed E-state index contributed by atoms with van der Waals surface area (Å²) in [5, 5.41) is 16.4. The number of benzene rings is 1. The lowest BCUT2D eigenvalue weighted by atomic mass is 10.2. The number of thioether (sulfide) groups is 1. The fraction of sp³-hybridized carbons (Fsp3) is 0.550. The molecule has 0 saturated heterocycles. The molecule has 2 rings (SSSR count). The standard InChI is InChI=1S/C20H32N6OS/c1-15(2)14-26-18(24-25-20(26)28-5)11-8-12-22-19(21-3)23-13-16-9-6-7-10-17(16)27-4/h6-7,9-10,15H,8,11-14H2,1-5H3,(H2,21,22,23). The van der Waals surface area contributed by atoms with E-state index in [0.29, 0.717) is 12.5 Å². The predicted molar refractivity (Wildman–Crippen MR) is 116 cm³/mol. The number of rotatable bonds is 10. The van der Waals surface area contributed by atoms with E-state index < -0.39 is 0 Å². The number of aliphatic imine (C=N–C) groups is 1. The zero-order valence-electron chi connectivity index (χ0n) is 17.5. The van der Waals surface area contributed by atoms with Gasteiger partial charge in [-0.25, -0.2) is 0 Å². The normalized spacial score (nSPS) is 11.7. The second-order valence-corrected chi connectivity index (χ2v) is 7.65. The number of guanidine groups is 1. The highest BCUT2D eigenvalue weighted by atomic mass is 32.2. The van der Waals surface area contributed by atoms with Crippen molar-refractivity contribution >= 4 is 17.7 Å². The summed E-state index contributed by atoms with van der Waals surface area (Å²) in [5.41, 5.74) is 1.10. The molecular formula is C20H32N6OS. The van der Waals surface area contributed by atoms with Gasteiger partial charge in [0.25, 0.3) is 0 Å². The highest BCUT2D eigenvalue weighted by Crippen LogP contribution is 2.17. The molecular weight excluding hydrogens is 372 g/mol. The van der Waals surface area contributed by atoms with Crippen LogP contribution in [0, 0.1) is 5.92 Å². The van der Waals surface area contributed by atoms with Gasteiger partial charge in [0.05, 0.1) is 7.11 Å². The van der Waals surface area contributed by atoms with Crippen LogP contribution in [0.15, 0.2) is 34.4 Å².